The monoisotopic (exact) mass is 290 g/mol. The molecule has 4 heteroatoms. The molecule has 3 nitrogen and oxygen atoms in total. The summed E-state index contributed by atoms with van der Waals surface area (Å²) in [5.74, 6) is 0.762. The number of benzene rings is 2. The summed E-state index contributed by atoms with van der Waals surface area (Å²) in [4.78, 5) is 0. The summed E-state index contributed by atoms with van der Waals surface area (Å²) >= 11 is 6.22. The summed E-state index contributed by atoms with van der Waals surface area (Å²) in [6.45, 7) is 4.75. The lowest BCUT2D eigenvalue weighted by molar-refractivity contribution is 0.318. The second kappa shape index (κ2) is 6.53. The summed E-state index contributed by atoms with van der Waals surface area (Å²) in [6.07, 6.45) is 0.960. The standard InChI is InChI=1S/C16H19ClN2O/c1-3-6-20-14-9-12(18)8-13(10-14)19-16-5-4-11(2)7-15(16)17/h4-5,7-10,19H,3,6,18H2,1-2H3. The number of ether oxygens (including phenoxy) is 1. The van der Waals surface area contributed by atoms with Crippen LogP contribution in [0.3, 0.4) is 0 Å². The minimum atomic E-state index is 0.657. The van der Waals surface area contributed by atoms with Gasteiger partial charge in [0.1, 0.15) is 5.75 Å². The van der Waals surface area contributed by atoms with Crippen molar-refractivity contribution in [2.24, 2.45) is 0 Å². The van der Waals surface area contributed by atoms with Crippen molar-refractivity contribution in [3.8, 4) is 5.75 Å². The Hall–Kier alpha value is -1.87. The van der Waals surface area contributed by atoms with Crippen LogP contribution < -0.4 is 15.8 Å². The summed E-state index contributed by atoms with van der Waals surface area (Å²) in [5.41, 5.74) is 9.39. The molecule has 0 aromatic heterocycles. The molecule has 0 aliphatic rings. The third kappa shape index (κ3) is 3.81. The topological polar surface area (TPSA) is 47.3 Å². The SMILES string of the molecule is CCCOc1cc(N)cc(Nc2ccc(C)cc2Cl)c1. The van der Waals surface area contributed by atoms with E-state index in [2.05, 4.69) is 12.2 Å². The molecule has 0 atom stereocenters. The molecule has 0 radical (unpaired) electrons. The van der Waals surface area contributed by atoms with Crippen LogP contribution in [0.2, 0.25) is 5.02 Å². The van der Waals surface area contributed by atoms with Gasteiger partial charge in [-0.25, -0.2) is 0 Å². The maximum atomic E-state index is 6.22. The number of rotatable bonds is 5. The fourth-order valence-electron chi connectivity index (χ4n) is 1.87. The van der Waals surface area contributed by atoms with E-state index in [9.17, 15) is 0 Å². The van der Waals surface area contributed by atoms with Crippen LogP contribution in [0.5, 0.6) is 5.75 Å². The predicted molar refractivity (Wildman–Crippen MR) is 86.1 cm³/mol. The summed E-state index contributed by atoms with van der Waals surface area (Å²) < 4.78 is 5.61. The van der Waals surface area contributed by atoms with Gasteiger partial charge in [-0.2, -0.15) is 0 Å². The van der Waals surface area contributed by atoms with Crippen LogP contribution in [0.1, 0.15) is 18.9 Å². The highest BCUT2D eigenvalue weighted by molar-refractivity contribution is 6.33. The van der Waals surface area contributed by atoms with Crippen molar-refractivity contribution in [1.82, 2.24) is 0 Å². The Kier molecular flexibility index (Phi) is 4.74. The number of halogens is 1. The Morgan fingerprint density at radius 2 is 2.00 bits per heavy atom. The molecule has 0 unspecified atom stereocenters. The molecule has 2 aromatic rings. The molecular formula is C16H19ClN2O. The van der Waals surface area contributed by atoms with Gasteiger partial charge in [-0.1, -0.05) is 24.6 Å². The van der Waals surface area contributed by atoms with E-state index >= 15 is 0 Å². The Bertz CT molecular complexity index is 599. The third-order valence-electron chi connectivity index (χ3n) is 2.81. The Morgan fingerprint density at radius 1 is 1.20 bits per heavy atom. The average molecular weight is 291 g/mol. The smallest absolute Gasteiger partial charge is 0.123 e. The molecule has 0 spiro atoms. The normalized spacial score (nSPS) is 10.3. The molecule has 106 valence electrons. The molecular weight excluding hydrogens is 272 g/mol. The van der Waals surface area contributed by atoms with Crippen molar-refractivity contribution in [2.45, 2.75) is 20.3 Å². The molecule has 3 N–H and O–H groups in total. The van der Waals surface area contributed by atoms with Crippen LogP contribution in [-0.2, 0) is 0 Å². The third-order valence-corrected chi connectivity index (χ3v) is 3.12. The minimum Gasteiger partial charge on any atom is -0.493 e. The highest BCUT2D eigenvalue weighted by atomic mass is 35.5. The molecule has 2 rings (SSSR count). The lowest BCUT2D eigenvalue weighted by Gasteiger charge is -2.12. The summed E-state index contributed by atoms with van der Waals surface area (Å²) in [5, 5.41) is 3.95. The minimum absolute atomic E-state index is 0.657. The number of nitrogens with one attached hydrogen (secondary N) is 1. The average Bonchev–Trinajstić information content (AvgIpc) is 2.39. The zero-order valence-corrected chi connectivity index (χ0v) is 12.5. The lowest BCUT2D eigenvalue weighted by atomic mass is 10.2. The fourth-order valence-corrected chi connectivity index (χ4v) is 2.16. The van der Waals surface area contributed by atoms with Crippen molar-refractivity contribution >= 4 is 28.7 Å². The van der Waals surface area contributed by atoms with Crippen molar-refractivity contribution in [3.05, 3.63) is 47.0 Å². The van der Waals surface area contributed by atoms with Gasteiger partial charge in [0.05, 0.1) is 17.3 Å². The lowest BCUT2D eigenvalue weighted by Crippen LogP contribution is -1.98. The molecule has 0 bridgehead atoms. The Balaban J connectivity index is 2.21. The van der Waals surface area contributed by atoms with E-state index < -0.39 is 0 Å². The highest BCUT2D eigenvalue weighted by Crippen LogP contribution is 2.29. The van der Waals surface area contributed by atoms with E-state index in [0.717, 1.165) is 29.1 Å². The van der Waals surface area contributed by atoms with E-state index in [1.807, 2.05) is 43.3 Å². The molecule has 0 aliphatic carbocycles. The number of anilines is 3. The van der Waals surface area contributed by atoms with Crippen LogP contribution >= 0.6 is 11.6 Å². The van der Waals surface area contributed by atoms with Gasteiger partial charge in [0, 0.05) is 23.5 Å². The molecule has 0 saturated carbocycles. The number of aryl methyl sites for hydroxylation is 1. The van der Waals surface area contributed by atoms with Crippen LogP contribution in [0.4, 0.5) is 17.1 Å². The van der Waals surface area contributed by atoms with Gasteiger partial charge in [0.15, 0.2) is 0 Å². The zero-order valence-electron chi connectivity index (χ0n) is 11.7. The number of nitrogen functional groups attached to an aromatic ring is 1. The maximum absolute atomic E-state index is 6.22. The summed E-state index contributed by atoms with van der Waals surface area (Å²) in [7, 11) is 0. The number of hydrogen-bond donors (Lipinski definition) is 2. The van der Waals surface area contributed by atoms with Gasteiger partial charge in [0.25, 0.3) is 0 Å². The highest BCUT2D eigenvalue weighted by Gasteiger charge is 2.04. The Labute approximate surface area is 124 Å². The largest absolute Gasteiger partial charge is 0.493 e. The quantitative estimate of drug-likeness (QED) is 0.780. The van der Waals surface area contributed by atoms with Gasteiger partial charge in [-0.05, 0) is 37.1 Å². The summed E-state index contributed by atoms with van der Waals surface area (Å²) in [6, 6.07) is 11.5. The first-order valence-corrected chi connectivity index (χ1v) is 7.03. The first-order chi connectivity index (χ1) is 9.58. The van der Waals surface area contributed by atoms with E-state index in [0.29, 0.717) is 17.3 Å². The maximum Gasteiger partial charge on any atom is 0.123 e. The Morgan fingerprint density at radius 3 is 2.70 bits per heavy atom. The van der Waals surface area contributed by atoms with E-state index in [4.69, 9.17) is 22.1 Å². The van der Waals surface area contributed by atoms with E-state index in [1.165, 1.54) is 0 Å². The first-order valence-electron chi connectivity index (χ1n) is 6.65. The van der Waals surface area contributed by atoms with Gasteiger partial charge in [-0.15, -0.1) is 0 Å². The predicted octanol–water partition coefficient (Wildman–Crippen LogP) is 4.76. The van der Waals surface area contributed by atoms with Gasteiger partial charge < -0.3 is 15.8 Å². The molecule has 0 amide bonds. The van der Waals surface area contributed by atoms with Crippen molar-refractivity contribution in [3.63, 3.8) is 0 Å². The molecule has 0 fully saturated rings. The van der Waals surface area contributed by atoms with Gasteiger partial charge in [0.2, 0.25) is 0 Å². The zero-order chi connectivity index (χ0) is 14.5. The molecule has 0 saturated heterocycles. The van der Waals surface area contributed by atoms with Gasteiger partial charge in [-0.3, -0.25) is 0 Å². The van der Waals surface area contributed by atoms with Crippen molar-refractivity contribution in [1.29, 1.82) is 0 Å². The number of nitrogens with two attached hydrogens (primary N) is 1. The van der Waals surface area contributed by atoms with Crippen molar-refractivity contribution < 1.29 is 4.74 Å². The van der Waals surface area contributed by atoms with E-state index in [1.54, 1.807) is 0 Å². The number of hydrogen-bond acceptors (Lipinski definition) is 3. The molecule has 0 aliphatic heterocycles. The molecule has 0 heterocycles. The second-order valence-electron chi connectivity index (χ2n) is 4.75. The molecule has 2 aromatic carbocycles. The van der Waals surface area contributed by atoms with Crippen LogP contribution in [0, 0.1) is 6.92 Å². The molecule has 20 heavy (non-hydrogen) atoms. The van der Waals surface area contributed by atoms with Crippen molar-refractivity contribution in [2.75, 3.05) is 17.7 Å². The van der Waals surface area contributed by atoms with E-state index in [-0.39, 0.29) is 0 Å². The second-order valence-corrected chi connectivity index (χ2v) is 5.15. The fraction of sp³-hybridized carbons (Fsp3) is 0.250. The van der Waals surface area contributed by atoms with Crippen LogP contribution in [0.25, 0.3) is 0 Å². The van der Waals surface area contributed by atoms with Crippen LogP contribution in [0.15, 0.2) is 36.4 Å². The van der Waals surface area contributed by atoms with Crippen LogP contribution in [-0.4, -0.2) is 6.61 Å². The van der Waals surface area contributed by atoms with Gasteiger partial charge >= 0.3 is 0 Å². The first kappa shape index (κ1) is 14.5.